The van der Waals surface area contributed by atoms with Crippen molar-refractivity contribution in [2.75, 3.05) is 20.1 Å². The van der Waals surface area contributed by atoms with Gasteiger partial charge in [-0.2, -0.15) is 0 Å². The fourth-order valence-corrected chi connectivity index (χ4v) is 3.57. The molecule has 0 amide bonds. The highest BCUT2D eigenvalue weighted by molar-refractivity contribution is 4.91. The van der Waals surface area contributed by atoms with Crippen molar-refractivity contribution in [3.05, 3.63) is 0 Å². The summed E-state index contributed by atoms with van der Waals surface area (Å²) in [7, 11) is 2.22. The van der Waals surface area contributed by atoms with Crippen LogP contribution in [0.3, 0.4) is 0 Å². The summed E-state index contributed by atoms with van der Waals surface area (Å²) in [6.07, 6.45) is 6.03. The largest absolute Gasteiger partial charge is 0.327 e. The van der Waals surface area contributed by atoms with Gasteiger partial charge in [-0.1, -0.05) is 6.42 Å². The summed E-state index contributed by atoms with van der Waals surface area (Å²) in [5, 5.41) is 0. The second-order valence-corrected chi connectivity index (χ2v) is 5.63. The molecule has 0 aromatic carbocycles. The average molecular weight is 196 g/mol. The highest BCUT2D eigenvalue weighted by Crippen LogP contribution is 2.48. The Morgan fingerprint density at radius 3 is 2.64 bits per heavy atom. The lowest BCUT2D eigenvalue weighted by Gasteiger charge is -2.28. The van der Waals surface area contributed by atoms with Crippen LogP contribution >= 0.6 is 0 Å². The molecule has 0 spiro atoms. The Kier molecular flexibility index (Phi) is 3.13. The van der Waals surface area contributed by atoms with Gasteiger partial charge in [-0.3, -0.25) is 0 Å². The minimum Gasteiger partial charge on any atom is -0.327 e. The molecule has 2 rings (SSSR count). The third-order valence-electron chi connectivity index (χ3n) is 4.03. The van der Waals surface area contributed by atoms with Crippen molar-refractivity contribution < 1.29 is 0 Å². The standard InChI is InChI=1S/C12H24N2/c1-9(13)7-14(2)8-12-6-10-3-4-11(12)5-10/h9-12H,3-8,13H2,1-2H3/t9-,10?,11?,12?/m1/s1. The molecule has 14 heavy (non-hydrogen) atoms. The Bertz CT molecular complexity index is 191. The second kappa shape index (κ2) is 4.19. The molecule has 3 unspecified atom stereocenters. The van der Waals surface area contributed by atoms with Crippen LogP contribution in [0.1, 0.15) is 32.6 Å². The summed E-state index contributed by atoms with van der Waals surface area (Å²) in [5.74, 6) is 3.11. The van der Waals surface area contributed by atoms with Crippen LogP contribution in [-0.4, -0.2) is 31.1 Å². The van der Waals surface area contributed by atoms with Crippen molar-refractivity contribution in [1.29, 1.82) is 0 Å². The zero-order valence-corrected chi connectivity index (χ0v) is 9.58. The van der Waals surface area contributed by atoms with Gasteiger partial charge in [-0.15, -0.1) is 0 Å². The third kappa shape index (κ3) is 2.29. The number of likely N-dealkylation sites (N-methyl/N-ethyl adjacent to an activating group) is 1. The van der Waals surface area contributed by atoms with Crippen molar-refractivity contribution in [2.24, 2.45) is 23.5 Å². The van der Waals surface area contributed by atoms with Crippen molar-refractivity contribution in [3.63, 3.8) is 0 Å². The van der Waals surface area contributed by atoms with Crippen molar-refractivity contribution in [1.82, 2.24) is 4.90 Å². The summed E-state index contributed by atoms with van der Waals surface area (Å²) in [4.78, 5) is 2.43. The quantitative estimate of drug-likeness (QED) is 0.741. The summed E-state index contributed by atoms with van der Waals surface area (Å²) in [6, 6.07) is 0.318. The van der Waals surface area contributed by atoms with Gasteiger partial charge >= 0.3 is 0 Å². The van der Waals surface area contributed by atoms with Crippen LogP contribution < -0.4 is 5.73 Å². The zero-order chi connectivity index (χ0) is 10.1. The molecule has 2 nitrogen and oxygen atoms in total. The topological polar surface area (TPSA) is 29.3 Å². The molecular formula is C12H24N2. The lowest BCUT2D eigenvalue weighted by atomic mass is 9.88. The van der Waals surface area contributed by atoms with Gasteiger partial charge in [0, 0.05) is 19.1 Å². The fourth-order valence-electron chi connectivity index (χ4n) is 3.57. The predicted molar refractivity (Wildman–Crippen MR) is 60.1 cm³/mol. The molecule has 2 aliphatic rings. The van der Waals surface area contributed by atoms with E-state index in [2.05, 4.69) is 18.9 Å². The smallest absolute Gasteiger partial charge is 0.0139 e. The van der Waals surface area contributed by atoms with Crippen LogP contribution in [0.2, 0.25) is 0 Å². The van der Waals surface area contributed by atoms with Crippen LogP contribution in [0.4, 0.5) is 0 Å². The maximum absolute atomic E-state index is 5.80. The molecule has 2 fully saturated rings. The molecule has 0 aromatic heterocycles. The van der Waals surface area contributed by atoms with Gasteiger partial charge in [0.25, 0.3) is 0 Å². The lowest BCUT2D eigenvalue weighted by molar-refractivity contribution is 0.214. The molecule has 0 aromatic rings. The minimum absolute atomic E-state index is 0.318. The summed E-state index contributed by atoms with van der Waals surface area (Å²) >= 11 is 0. The average Bonchev–Trinajstić information content (AvgIpc) is 2.62. The van der Waals surface area contributed by atoms with Crippen LogP contribution in [0, 0.1) is 17.8 Å². The first-order valence-corrected chi connectivity index (χ1v) is 6.09. The second-order valence-electron chi connectivity index (χ2n) is 5.63. The number of nitrogens with zero attached hydrogens (tertiary/aromatic N) is 1. The third-order valence-corrected chi connectivity index (χ3v) is 4.03. The number of nitrogens with two attached hydrogens (primary N) is 1. The number of hydrogen-bond acceptors (Lipinski definition) is 2. The molecule has 4 atom stereocenters. The Labute approximate surface area is 87.8 Å². The van der Waals surface area contributed by atoms with E-state index in [4.69, 9.17) is 5.73 Å². The lowest BCUT2D eigenvalue weighted by Crippen LogP contribution is -2.36. The Balaban J connectivity index is 1.75. The van der Waals surface area contributed by atoms with Gasteiger partial charge in [-0.25, -0.2) is 0 Å². The molecule has 2 heteroatoms. The molecule has 0 saturated heterocycles. The van der Waals surface area contributed by atoms with E-state index < -0.39 is 0 Å². The van der Waals surface area contributed by atoms with E-state index in [9.17, 15) is 0 Å². The normalized spacial score (nSPS) is 38.1. The molecule has 82 valence electrons. The molecule has 0 aliphatic heterocycles. The maximum atomic E-state index is 5.80. The van der Waals surface area contributed by atoms with E-state index in [1.165, 1.54) is 32.2 Å². The molecule has 2 N–H and O–H groups in total. The van der Waals surface area contributed by atoms with E-state index in [0.717, 1.165) is 24.3 Å². The predicted octanol–water partition coefficient (Wildman–Crippen LogP) is 1.70. The first kappa shape index (κ1) is 10.4. The van der Waals surface area contributed by atoms with Crippen LogP contribution in [0.15, 0.2) is 0 Å². The molecule has 2 bridgehead atoms. The molecule has 0 heterocycles. The Hall–Kier alpha value is -0.0800. The maximum Gasteiger partial charge on any atom is 0.0139 e. The van der Waals surface area contributed by atoms with Crippen molar-refractivity contribution in [3.8, 4) is 0 Å². The molecular weight excluding hydrogens is 172 g/mol. The van der Waals surface area contributed by atoms with E-state index in [1.807, 2.05) is 0 Å². The fraction of sp³-hybridized carbons (Fsp3) is 1.00. The van der Waals surface area contributed by atoms with E-state index in [1.54, 1.807) is 0 Å². The number of hydrogen-bond donors (Lipinski definition) is 1. The van der Waals surface area contributed by atoms with Gasteiger partial charge < -0.3 is 10.6 Å². The van der Waals surface area contributed by atoms with E-state index in [-0.39, 0.29) is 0 Å². The highest BCUT2D eigenvalue weighted by atomic mass is 15.1. The monoisotopic (exact) mass is 196 g/mol. The Morgan fingerprint density at radius 2 is 2.14 bits per heavy atom. The molecule has 2 saturated carbocycles. The van der Waals surface area contributed by atoms with Gasteiger partial charge in [0.05, 0.1) is 0 Å². The SMILES string of the molecule is C[C@@H](N)CN(C)CC1CC2CCC1C2. The van der Waals surface area contributed by atoms with E-state index >= 15 is 0 Å². The van der Waals surface area contributed by atoms with Crippen LogP contribution in [0.5, 0.6) is 0 Å². The Morgan fingerprint density at radius 1 is 1.36 bits per heavy atom. The number of fused-ring (bicyclic) bond motifs is 2. The van der Waals surface area contributed by atoms with Crippen molar-refractivity contribution >= 4 is 0 Å². The molecule has 0 radical (unpaired) electrons. The summed E-state index contributed by atoms with van der Waals surface area (Å²) < 4.78 is 0. The van der Waals surface area contributed by atoms with Crippen LogP contribution in [-0.2, 0) is 0 Å². The van der Waals surface area contributed by atoms with E-state index in [0.29, 0.717) is 6.04 Å². The summed E-state index contributed by atoms with van der Waals surface area (Å²) in [6.45, 7) is 4.42. The van der Waals surface area contributed by atoms with Crippen LogP contribution in [0.25, 0.3) is 0 Å². The van der Waals surface area contributed by atoms with Gasteiger partial charge in [0.15, 0.2) is 0 Å². The van der Waals surface area contributed by atoms with Gasteiger partial charge in [-0.05, 0) is 51.0 Å². The highest BCUT2D eigenvalue weighted by Gasteiger charge is 2.39. The van der Waals surface area contributed by atoms with Crippen molar-refractivity contribution in [2.45, 2.75) is 38.6 Å². The van der Waals surface area contributed by atoms with Gasteiger partial charge in [0.1, 0.15) is 0 Å². The first-order valence-electron chi connectivity index (χ1n) is 6.09. The molecule has 2 aliphatic carbocycles. The summed E-state index contributed by atoms with van der Waals surface area (Å²) in [5.41, 5.74) is 5.80. The zero-order valence-electron chi connectivity index (χ0n) is 9.58. The first-order chi connectivity index (χ1) is 6.65. The van der Waals surface area contributed by atoms with Gasteiger partial charge in [0.2, 0.25) is 0 Å². The minimum atomic E-state index is 0.318. The number of rotatable bonds is 4.